The molecule has 0 aliphatic rings. The van der Waals surface area contributed by atoms with Crippen LogP contribution in [0.25, 0.3) is 0 Å². The summed E-state index contributed by atoms with van der Waals surface area (Å²) in [5.74, 6) is -0.0468. The molecule has 1 aromatic carbocycles. The van der Waals surface area contributed by atoms with E-state index in [1.165, 1.54) is 0 Å². The molecule has 0 amide bonds. The quantitative estimate of drug-likeness (QED) is 0.646. The average molecular weight is 260 g/mol. The third kappa shape index (κ3) is 2.80. The number of benzene rings is 1. The number of nitrogens with two attached hydrogens (primary N) is 1. The number of hydrogen-bond acceptors (Lipinski definition) is 1. The second-order valence-electron chi connectivity index (χ2n) is 3.61. The normalized spacial score (nSPS) is 10.2. The van der Waals surface area contributed by atoms with Gasteiger partial charge in [0, 0.05) is 6.54 Å². The van der Waals surface area contributed by atoms with Crippen molar-refractivity contribution in [3.63, 3.8) is 0 Å². The predicted molar refractivity (Wildman–Crippen MR) is 70.8 cm³/mol. The molecule has 3 nitrogen and oxygen atoms in total. The molecule has 0 radical (unpaired) electrons. The van der Waals surface area contributed by atoms with E-state index in [2.05, 4.69) is 0 Å². The maximum Gasteiger partial charge on any atom is 0.193 e. The first-order valence-corrected chi connectivity index (χ1v) is 5.80. The second-order valence-corrected chi connectivity index (χ2v) is 4.43. The van der Waals surface area contributed by atoms with Gasteiger partial charge in [0.2, 0.25) is 0 Å². The van der Waals surface area contributed by atoms with Crippen LogP contribution < -0.4 is 10.6 Å². The molecule has 0 atom stereocenters. The van der Waals surface area contributed by atoms with Crippen molar-refractivity contribution in [1.29, 1.82) is 5.41 Å². The van der Waals surface area contributed by atoms with Gasteiger partial charge in [-0.1, -0.05) is 30.1 Å². The molecule has 0 fully saturated rings. The fourth-order valence-corrected chi connectivity index (χ4v) is 2.33. The smallest absolute Gasteiger partial charge is 0.193 e. The Morgan fingerprint density at radius 1 is 1.38 bits per heavy atom. The molecule has 0 saturated heterocycles. The summed E-state index contributed by atoms with van der Waals surface area (Å²) in [6.07, 6.45) is 0.861. The standard InChI is InChI=1S/C11H15Cl2N3/c1-3-4-16(11(14)15)10-8(12)5-7(2)6-9(10)13/h5-6H,3-4H2,1-2H3,(H3,14,15). The van der Waals surface area contributed by atoms with Gasteiger partial charge < -0.3 is 10.6 Å². The SMILES string of the molecule is CCCN(C(=N)N)c1c(Cl)cc(C)cc1Cl. The number of nitrogens with zero attached hydrogens (tertiary/aromatic N) is 1. The fourth-order valence-electron chi connectivity index (χ4n) is 1.53. The largest absolute Gasteiger partial charge is 0.370 e. The van der Waals surface area contributed by atoms with Gasteiger partial charge in [-0.05, 0) is 31.0 Å². The van der Waals surface area contributed by atoms with Gasteiger partial charge >= 0.3 is 0 Å². The number of nitrogens with one attached hydrogen (secondary N) is 1. The highest BCUT2D eigenvalue weighted by molar-refractivity contribution is 6.40. The number of hydrogen-bond donors (Lipinski definition) is 2. The Morgan fingerprint density at radius 2 is 1.88 bits per heavy atom. The molecule has 0 spiro atoms. The molecular formula is C11H15Cl2N3. The molecule has 0 bridgehead atoms. The molecule has 88 valence electrons. The van der Waals surface area contributed by atoms with Crippen molar-refractivity contribution in [2.24, 2.45) is 5.73 Å². The monoisotopic (exact) mass is 259 g/mol. The Morgan fingerprint density at radius 3 is 2.25 bits per heavy atom. The molecule has 0 heterocycles. The van der Waals surface area contributed by atoms with Gasteiger partial charge in [-0.25, -0.2) is 0 Å². The van der Waals surface area contributed by atoms with E-state index in [1.807, 2.05) is 26.0 Å². The van der Waals surface area contributed by atoms with E-state index in [0.29, 0.717) is 22.3 Å². The van der Waals surface area contributed by atoms with E-state index >= 15 is 0 Å². The maximum absolute atomic E-state index is 7.53. The van der Waals surface area contributed by atoms with Crippen LogP contribution in [0.5, 0.6) is 0 Å². The molecule has 0 aliphatic carbocycles. The molecule has 16 heavy (non-hydrogen) atoms. The van der Waals surface area contributed by atoms with Gasteiger partial charge in [0.05, 0.1) is 15.7 Å². The zero-order valence-corrected chi connectivity index (χ0v) is 10.9. The zero-order valence-electron chi connectivity index (χ0n) is 9.35. The van der Waals surface area contributed by atoms with Crippen LogP contribution in [-0.2, 0) is 0 Å². The van der Waals surface area contributed by atoms with E-state index in [-0.39, 0.29) is 5.96 Å². The van der Waals surface area contributed by atoms with Gasteiger partial charge in [0.1, 0.15) is 0 Å². The number of halogens is 2. The van der Waals surface area contributed by atoms with Crippen molar-refractivity contribution < 1.29 is 0 Å². The van der Waals surface area contributed by atoms with E-state index in [0.717, 1.165) is 12.0 Å². The fraction of sp³-hybridized carbons (Fsp3) is 0.364. The van der Waals surface area contributed by atoms with Crippen LogP contribution >= 0.6 is 23.2 Å². The second kappa shape index (κ2) is 5.41. The van der Waals surface area contributed by atoms with Crippen molar-refractivity contribution >= 4 is 34.8 Å². The number of guanidine groups is 1. The molecule has 1 aromatic rings. The van der Waals surface area contributed by atoms with Crippen LogP contribution in [0, 0.1) is 12.3 Å². The summed E-state index contributed by atoms with van der Waals surface area (Å²) in [6.45, 7) is 4.54. The Kier molecular flexibility index (Phi) is 4.44. The molecule has 0 unspecified atom stereocenters. The van der Waals surface area contributed by atoms with E-state index in [9.17, 15) is 0 Å². The summed E-state index contributed by atoms with van der Waals surface area (Å²) < 4.78 is 0. The molecule has 1 rings (SSSR count). The van der Waals surface area contributed by atoms with Crippen molar-refractivity contribution in [2.45, 2.75) is 20.3 Å². The van der Waals surface area contributed by atoms with Gasteiger partial charge in [-0.15, -0.1) is 0 Å². The van der Waals surface area contributed by atoms with Crippen LogP contribution in [0.4, 0.5) is 5.69 Å². The maximum atomic E-state index is 7.53. The lowest BCUT2D eigenvalue weighted by molar-refractivity contribution is 0.893. The minimum absolute atomic E-state index is 0.0468. The van der Waals surface area contributed by atoms with Gasteiger partial charge in [0.15, 0.2) is 5.96 Å². The minimum Gasteiger partial charge on any atom is -0.370 e. The summed E-state index contributed by atoms with van der Waals surface area (Å²) in [4.78, 5) is 1.62. The van der Waals surface area contributed by atoms with Crippen molar-refractivity contribution in [3.05, 3.63) is 27.7 Å². The van der Waals surface area contributed by atoms with Crippen molar-refractivity contribution in [3.8, 4) is 0 Å². The zero-order chi connectivity index (χ0) is 12.3. The van der Waals surface area contributed by atoms with Crippen molar-refractivity contribution in [2.75, 3.05) is 11.4 Å². The number of aryl methyl sites for hydroxylation is 1. The van der Waals surface area contributed by atoms with Crippen LogP contribution in [0.1, 0.15) is 18.9 Å². The summed E-state index contributed by atoms with van der Waals surface area (Å²) in [7, 11) is 0. The van der Waals surface area contributed by atoms with Crippen molar-refractivity contribution in [1.82, 2.24) is 0 Å². The van der Waals surface area contributed by atoms with E-state index < -0.39 is 0 Å². The minimum atomic E-state index is -0.0468. The third-order valence-electron chi connectivity index (χ3n) is 2.17. The topological polar surface area (TPSA) is 53.1 Å². The number of anilines is 1. The molecule has 0 saturated carbocycles. The average Bonchev–Trinajstić information content (AvgIpc) is 2.14. The van der Waals surface area contributed by atoms with Crippen LogP contribution in [0.15, 0.2) is 12.1 Å². The van der Waals surface area contributed by atoms with Crippen LogP contribution in [0.2, 0.25) is 10.0 Å². The van der Waals surface area contributed by atoms with Crippen LogP contribution in [-0.4, -0.2) is 12.5 Å². The molecular weight excluding hydrogens is 245 g/mol. The molecule has 0 aromatic heterocycles. The lowest BCUT2D eigenvalue weighted by Gasteiger charge is -2.24. The number of rotatable bonds is 3. The van der Waals surface area contributed by atoms with E-state index in [4.69, 9.17) is 34.3 Å². The highest BCUT2D eigenvalue weighted by Crippen LogP contribution is 2.34. The van der Waals surface area contributed by atoms with E-state index in [1.54, 1.807) is 4.90 Å². The molecule has 5 heteroatoms. The highest BCUT2D eigenvalue weighted by atomic mass is 35.5. The van der Waals surface area contributed by atoms with Gasteiger partial charge in [-0.3, -0.25) is 5.41 Å². The first-order chi connectivity index (χ1) is 7.47. The third-order valence-corrected chi connectivity index (χ3v) is 2.75. The summed E-state index contributed by atoms with van der Waals surface area (Å²) in [6, 6.07) is 3.63. The Bertz CT molecular complexity index is 381. The Labute approximate surface area is 106 Å². The summed E-state index contributed by atoms with van der Waals surface area (Å²) >= 11 is 12.3. The summed E-state index contributed by atoms with van der Waals surface area (Å²) in [5, 5.41) is 8.57. The molecule has 3 N–H and O–H groups in total. The van der Waals surface area contributed by atoms with Crippen LogP contribution in [0.3, 0.4) is 0 Å². The van der Waals surface area contributed by atoms with Gasteiger partial charge in [-0.2, -0.15) is 0 Å². The Hall–Kier alpha value is -0.930. The predicted octanol–water partition coefficient (Wildman–Crippen LogP) is 3.41. The Balaban J connectivity index is 3.23. The first-order valence-electron chi connectivity index (χ1n) is 5.04. The van der Waals surface area contributed by atoms with Gasteiger partial charge in [0.25, 0.3) is 0 Å². The first kappa shape index (κ1) is 13.1. The molecule has 0 aliphatic heterocycles. The lowest BCUT2D eigenvalue weighted by Crippen LogP contribution is -2.37. The summed E-state index contributed by atoms with van der Waals surface area (Å²) in [5.41, 5.74) is 7.12. The lowest BCUT2D eigenvalue weighted by atomic mass is 10.2. The highest BCUT2D eigenvalue weighted by Gasteiger charge is 2.16.